The van der Waals surface area contributed by atoms with Gasteiger partial charge in [0.2, 0.25) is 0 Å². The molecule has 8 heteroatoms. The second kappa shape index (κ2) is 6.96. The first-order valence-electron chi connectivity index (χ1n) is 7.63. The number of carboxylic acid groups (broad SMARTS) is 1. The Morgan fingerprint density at radius 1 is 1.28 bits per heavy atom. The summed E-state index contributed by atoms with van der Waals surface area (Å²) in [4.78, 5) is 14.8. The summed E-state index contributed by atoms with van der Waals surface area (Å²) >= 11 is 0. The summed E-state index contributed by atoms with van der Waals surface area (Å²) in [5.74, 6) is -1.48. The highest BCUT2D eigenvalue weighted by Crippen LogP contribution is 2.22. The van der Waals surface area contributed by atoms with Crippen LogP contribution in [-0.4, -0.2) is 42.7 Å². The lowest BCUT2D eigenvalue weighted by atomic mass is 10.1. The number of aliphatic hydroxyl groups is 2. The van der Waals surface area contributed by atoms with Gasteiger partial charge in [0, 0.05) is 23.6 Å². The molecular weight excluding hydrogens is 329 g/mol. The van der Waals surface area contributed by atoms with Crippen molar-refractivity contribution in [3.05, 3.63) is 53.6 Å². The molecule has 2 heterocycles. The van der Waals surface area contributed by atoms with Crippen molar-refractivity contribution in [3.63, 3.8) is 0 Å². The average molecular weight is 345 g/mol. The van der Waals surface area contributed by atoms with Gasteiger partial charge in [0.1, 0.15) is 11.9 Å². The van der Waals surface area contributed by atoms with E-state index in [1.54, 1.807) is 12.1 Å². The molecule has 0 fully saturated rings. The van der Waals surface area contributed by atoms with Crippen molar-refractivity contribution in [2.75, 3.05) is 6.61 Å². The predicted molar refractivity (Wildman–Crippen MR) is 86.8 cm³/mol. The maximum Gasteiger partial charge on any atom is 0.303 e. The molecule has 3 aromatic rings. The molecule has 0 bridgehead atoms. The fourth-order valence-corrected chi connectivity index (χ4v) is 2.53. The highest BCUT2D eigenvalue weighted by molar-refractivity contribution is 5.77. The van der Waals surface area contributed by atoms with E-state index in [2.05, 4.69) is 10.1 Å². The van der Waals surface area contributed by atoms with Crippen LogP contribution in [0.25, 0.3) is 16.7 Å². The van der Waals surface area contributed by atoms with Crippen LogP contribution in [0.1, 0.15) is 23.7 Å². The van der Waals surface area contributed by atoms with Gasteiger partial charge in [-0.05, 0) is 30.2 Å². The van der Waals surface area contributed by atoms with E-state index >= 15 is 0 Å². The van der Waals surface area contributed by atoms with Gasteiger partial charge >= 0.3 is 5.97 Å². The quantitative estimate of drug-likeness (QED) is 0.626. The van der Waals surface area contributed by atoms with Crippen molar-refractivity contribution < 1.29 is 24.5 Å². The zero-order valence-corrected chi connectivity index (χ0v) is 13.1. The monoisotopic (exact) mass is 345 g/mol. The number of pyridine rings is 1. The zero-order chi connectivity index (χ0) is 18.0. The highest BCUT2D eigenvalue weighted by Gasteiger charge is 2.13. The van der Waals surface area contributed by atoms with Crippen LogP contribution in [0.4, 0.5) is 4.39 Å². The van der Waals surface area contributed by atoms with Crippen molar-refractivity contribution >= 4 is 17.0 Å². The lowest BCUT2D eigenvalue weighted by Gasteiger charge is -2.08. The molecule has 0 spiro atoms. The molecule has 1 atom stereocenters. The SMILES string of the molecule is O=C(O)CCc1ccc(-n2ncc3cc([C@@H](O)CO)cnc32)cc1F. The van der Waals surface area contributed by atoms with Gasteiger partial charge in [-0.1, -0.05) is 6.07 Å². The Hall–Kier alpha value is -2.84. The van der Waals surface area contributed by atoms with Gasteiger partial charge in [-0.15, -0.1) is 0 Å². The number of halogens is 1. The number of fused-ring (bicyclic) bond motifs is 1. The number of aliphatic carboxylic acids is 1. The Balaban J connectivity index is 1.94. The first-order chi connectivity index (χ1) is 12.0. The zero-order valence-electron chi connectivity index (χ0n) is 13.1. The number of benzene rings is 1. The van der Waals surface area contributed by atoms with Crippen molar-refractivity contribution in [1.29, 1.82) is 0 Å². The third-order valence-corrected chi connectivity index (χ3v) is 3.88. The normalized spacial score (nSPS) is 12.4. The summed E-state index contributed by atoms with van der Waals surface area (Å²) in [5, 5.41) is 32.2. The minimum atomic E-state index is -1.02. The number of aromatic nitrogens is 3. The van der Waals surface area contributed by atoms with Crippen molar-refractivity contribution in [2.24, 2.45) is 0 Å². The summed E-state index contributed by atoms with van der Waals surface area (Å²) < 4.78 is 15.6. The number of hydrogen-bond acceptors (Lipinski definition) is 5. The lowest BCUT2D eigenvalue weighted by Crippen LogP contribution is -2.04. The van der Waals surface area contributed by atoms with E-state index in [4.69, 9.17) is 10.2 Å². The number of carboxylic acids is 1. The molecule has 3 N–H and O–H groups in total. The topological polar surface area (TPSA) is 108 Å². The molecule has 3 rings (SSSR count). The molecule has 0 aliphatic heterocycles. The Morgan fingerprint density at radius 2 is 2.08 bits per heavy atom. The van der Waals surface area contributed by atoms with Gasteiger partial charge in [0.05, 0.1) is 18.5 Å². The molecule has 25 heavy (non-hydrogen) atoms. The number of aliphatic hydroxyl groups excluding tert-OH is 2. The summed E-state index contributed by atoms with van der Waals surface area (Å²) in [5.41, 5.74) is 1.72. The van der Waals surface area contributed by atoms with E-state index in [0.717, 1.165) is 0 Å². The molecule has 1 aromatic carbocycles. The number of hydrogen-bond donors (Lipinski definition) is 3. The second-order valence-corrected chi connectivity index (χ2v) is 5.61. The Kier molecular flexibility index (Phi) is 4.73. The molecule has 7 nitrogen and oxygen atoms in total. The van der Waals surface area contributed by atoms with Crippen LogP contribution in [-0.2, 0) is 11.2 Å². The molecule has 0 saturated heterocycles. The fraction of sp³-hybridized carbons (Fsp3) is 0.235. The molecule has 0 radical (unpaired) electrons. The maximum absolute atomic E-state index is 14.2. The van der Waals surface area contributed by atoms with Crippen molar-refractivity contribution in [2.45, 2.75) is 18.9 Å². The predicted octanol–water partition coefficient (Wildman–Crippen LogP) is 1.60. The van der Waals surface area contributed by atoms with Gasteiger partial charge < -0.3 is 15.3 Å². The molecule has 0 saturated carbocycles. The highest BCUT2D eigenvalue weighted by atomic mass is 19.1. The fourth-order valence-electron chi connectivity index (χ4n) is 2.53. The number of carbonyl (C=O) groups is 1. The smallest absolute Gasteiger partial charge is 0.303 e. The van der Waals surface area contributed by atoms with E-state index in [9.17, 15) is 14.3 Å². The van der Waals surface area contributed by atoms with E-state index < -0.39 is 24.5 Å². The number of rotatable bonds is 6. The lowest BCUT2D eigenvalue weighted by molar-refractivity contribution is -0.136. The van der Waals surface area contributed by atoms with Gasteiger partial charge in [0.15, 0.2) is 5.65 Å². The third kappa shape index (κ3) is 3.49. The van der Waals surface area contributed by atoms with Crippen molar-refractivity contribution in [3.8, 4) is 5.69 Å². The Bertz CT molecular complexity index is 925. The number of aryl methyl sites for hydroxylation is 1. The summed E-state index contributed by atoms with van der Waals surface area (Å²) in [6, 6.07) is 6.11. The Labute approximate surface area is 142 Å². The van der Waals surface area contributed by atoms with Crippen LogP contribution >= 0.6 is 0 Å². The standard InChI is InChI=1S/C17H16FN3O4/c18-14-6-13(3-1-10(14)2-4-16(24)25)21-17-12(8-20-21)5-11(7-19-17)15(23)9-22/h1,3,5-8,15,22-23H,2,4,9H2,(H,24,25)/t15-/m0/s1. The van der Waals surface area contributed by atoms with E-state index in [1.165, 1.54) is 29.2 Å². The molecular formula is C17H16FN3O4. The maximum atomic E-state index is 14.2. The summed E-state index contributed by atoms with van der Waals surface area (Å²) in [6.07, 6.45) is 1.91. The largest absolute Gasteiger partial charge is 0.481 e. The third-order valence-electron chi connectivity index (χ3n) is 3.88. The van der Waals surface area contributed by atoms with Crippen LogP contribution < -0.4 is 0 Å². The van der Waals surface area contributed by atoms with Gasteiger partial charge in [-0.3, -0.25) is 4.79 Å². The van der Waals surface area contributed by atoms with Crippen LogP contribution in [0, 0.1) is 5.82 Å². The molecule has 130 valence electrons. The Morgan fingerprint density at radius 3 is 2.76 bits per heavy atom. The first kappa shape index (κ1) is 17.0. The molecule has 0 unspecified atom stereocenters. The number of nitrogens with zero attached hydrogens (tertiary/aromatic N) is 3. The summed E-state index contributed by atoms with van der Waals surface area (Å²) in [7, 11) is 0. The minimum Gasteiger partial charge on any atom is -0.481 e. The molecule has 2 aromatic heterocycles. The van der Waals surface area contributed by atoms with Crippen LogP contribution in [0.15, 0.2) is 36.7 Å². The summed E-state index contributed by atoms with van der Waals surface area (Å²) in [6.45, 7) is -0.412. The van der Waals surface area contributed by atoms with Gasteiger partial charge in [-0.2, -0.15) is 5.10 Å². The molecule has 0 amide bonds. The average Bonchev–Trinajstić information content (AvgIpc) is 3.02. The molecule has 0 aliphatic carbocycles. The van der Waals surface area contributed by atoms with E-state index in [0.29, 0.717) is 27.8 Å². The minimum absolute atomic E-state index is 0.113. The van der Waals surface area contributed by atoms with Gasteiger partial charge in [0.25, 0.3) is 0 Å². The van der Waals surface area contributed by atoms with Gasteiger partial charge in [-0.25, -0.2) is 14.1 Å². The second-order valence-electron chi connectivity index (χ2n) is 5.61. The first-order valence-corrected chi connectivity index (χ1v) is 7.63. The van der Waals surface area contributed by atoms with Crippen LogP contribution in [0.3, 0.4) is 0 Å². The van der Waals surface area contributed by atoms with E-state index in [-0.39, 0.29) is 12.8 Å². The van der Waals surface area contributed by atoms with E-state index in [1.807, 2.05) is 0 Å². The van der Waals surface area contributed by atoms with Crippen molar-refractivity contribution in [1.82, 2.24) is 14.8 Å². The van der Waals surface area contributed by atoms with Crippen LogP contribution in [0.2, 0.25) is 0 Å². The van der Waals surface area contributed by atoms with Crippen LogP contribution in [0.5, 0.6) is 0 Å². The molecule has 0 aliphatic rings.